The highest BCUT2D eigenvalue weighted by Gasteiger charge is 2.36. The van der Waals surface area contributed by atoms with Gasteiger partial charge in [-0.15, -0.1) is 11.3 Å². The van der Waals surface area contributed by atoms with Crippen molar-refractivity contribution in [3.05, 3.63) is 16.6 Å². The van der Waals surface area contributed by atoms with Gasteiger partial charge in [-0.1, -0.05) is 0 Å². The van der Waals surface area contributed by atoms with Gasteiger partial charge in [0.15, 0.2) is 0 Å². The predicted octanol–water partition coefficient (Wildman–Crippen LogP) is 1.22. The second kappa shape index (κ2) is 6.81. The number of aryl methyl sites for hydroxylation is 1. The molecule has 0 unspecified atom stereocenters. The summed E-state index contributed by atoms with van der Waals surface area (Å²) in [6.07, 6.45) is 3.66. The molecular weight excluding hydrogens is 280 g/mol. The lowest BCUT2D eigenvalue weighted by Gasteiger charge is -2.36. The third-order valence-corrected chi connectivity index (χ3v) is 4.23. The summed E-state index contributed by atoms with van der Waals surface area (Å²) >= 11 is 1.52. The Balaban J connectivity index is 1.89. The highest BCUT2D eigenvalue weighted by atomic mass is 32.1. The Morgan fingerprint density at radius 3 is 2.80 bits per heavy atom. The van der Waals surface area contributed by atoms with Crippen molar-refractivity contribution in [2.24, 2.45) is 0 Å². The molecule has 0 spiro atoms. The number of carbonyl (C=O) groups excluding carboxylic acids is 1. The maximum Gasteiger partial charge on any atom is 0.305 e. The molecule has 2 rings (SSSR count). The van der Waals surface area contributed by atoms with Crippen LogP contribution in [0.5, 0.6) is 0 Å². The molecule has 1 aliphatic heterocycles. The highest BCUT2D eigenvalue weighted by Crippen LogP contribution is 2.25. The van der Waals surface area contributed by atoms with Crippen LogP contribution in [-0.4, -0.2) is 40.7 Å². The molecule has 2 N–H and O–H groups in total. The summed E-state index contributed by atoms with van der Waals surface area (Å²) in [5.74, 6) is -1.02. The van der Waals surface area contributed by atoms with Crippen molar-refractivity contribution in [2.75, 3.05) is 13.2 Å². The first kappa shape index (κ1) is 14.9. The first-order valence-corrected chi connectivity index (χ1v) is 7.47. The second-order valence-electron chi connectivity index (χ2n) is 4.94. The summed E-state index contributed by atoms with van der Waals surface area (Å²) in [6.45, 7) is 0.972. The molecule has 0 saturated carbocycles. The van der Waals surface area contributed by atoms with Gasteiger partial charge < -0.3 is 15.2 Å². The minimum Gasteiger partial charge on any atom is -0.481 e. The number of carboxylic acid groups (broad SMARTS) is 1. The molecule has 6 nitrogen and oxygen atoms in total. The van der Waals surface area contributed by atoms with E-state index in [0.717, 1.165) is 5.01 Å². The van der Waals surface area contributed by atoms with E-state index in [1.54, 1.807) is 6.20 Å². The molecule has 0 radical (unpaired) electrons. The van der Waals surface area contributed by atoms with Crippen LogP contribution in [0.4, 0.5) is 0 Å². The van der Waals surface area contributed by atoms with E-state index in [0.29, 0.717) is 38.9 Å². The van der Waals surface area contributed by atoms with Gasteiger partial charge in [-0.05, 0) is 12.8 Å². The average Bonchev–Trinajstić information content (AvgIpc) is 2.89. The summed E-state index contributed by atoms with van der Waals surface area (Å²) in [5.41, 5.74) is -0.663. The number of hydrogen-bond acceptors (Lipinski definition) is 5. The van der Waals surface area contributed by atoms with E-state index >= 15 is 0 Å². The quantitative estimate of drug-likeness (QED) is 0.824. The zero-order chi connectivity index (χ0) is 14.4. The van der Waals surface area contributed by atoms with Crippen LogP contribution in [0, 0.1) is 0 Å². The molecule has 1 fully saturated rings. The number of aromatic nitrogens is 1. The van der Waals surface area contributed by atoms with Crippen LogP contribution in [0.2, 0.25) is 0 Å². The molecule has 0 atom stereocenters. The van der Waals surface area contributed by atoms with Gasteiger partial charge >= 0.3 is 5.97 Å². The van der Waals surface area contributed by atoms with E-state index in [9.17, 15) is 9.59 Å². The van der Waals surface area contributed by atoms with Gasteiger partial charge in [0.1, 0.15) is 0 Å². The van der Waals surface area contributed by atoms with Gasteiger partial charge in [0.25, 0.3) is 0 Å². The van der Waals surface area contributed by atoms with E-state index in [1.165, 1.54) is 11.3 Å². The number of thiazole rings is 1. The Labute approximate surface area is 121 Å². The van der Waals surface area contributed by atoms with Gasteiger partial charge in [0, 0.05) is 37.6 Å². The second-order valence-corrected chi connectivity index (χ2v) is 5.92. The number of carbonyl (C=O) groups is 2. The smallest absolute Gasteiger partial charge is 0.305 e. The Kier molecular flexibility index (Phi) is 5.08. The molecule has 1 aromatic rings. The Hall–Kier alpha value is -1.47. The maximum atomic E-state index is 12.0. The summed E-state index contributed by atoms with van der Waals surface area (Å²) in [4.78, 5) is 27.1. The topological polar surface area (TPSA) is 88.5 Å². The van der Waals surface area contributed by atoms with Crippen molar-refractivity contribution in [1.82, 2.24) is 10.3 Å². The third kappa shape index (κ3) is 4.28. The van der Waals surface area contributed by atoms with E-state index in [2.05, 4.69) is 10.3 Å². The number of aliphatic carboxylic acids is 1. The highest BCUT2D eigenvalue weighted by molar-refractivity contribution is 7.09. The number of nitrogens with zero attached hydrogens (tertiary/aromatic N) is 1. The van der Waals surface area contributed by atoms with Gasteiger partial charge in [-0.3, -0.25) is 9.59 Å². The van der Waals surface area contributed by atoms with E-state index in [1.807, 2.05) is 5.38 Å². The SMILES string of the molecule is O=C(O)CC1(NC(=O)CCc2nccs2)CCOCC1. The molecule has 2 heterocycles. The lowest BCUT2D eigenvalue weighted by molar-refractivity contribution is -0.140. The van der Waals surface area contributed by atoms with Crippen molar-refractivity contribution >= 4 is 23.2 Å². The Morgan fingerprint density at radius 1 is 1.45 bits per heavy atom. The molecule has 110 valence electrons. The minimum atomic E-state index is -0.896. The molecule has 0 aromatic carbocycles. The molecule has 1 aliphatic rings. The fraction of sp³-hybridized carbons (Fsp3) is 0.615. The maximum absolute atomic E-state index is 12.0. The van der Waals surface area contributed by atoms with Crippen molar-refractivity contribution < 1.29 is 19.4 Å². The van der Waals surface area contributed by atoms with Crippen molar-refractivity contribution in [3.8, 4) is 0 Å². The number of hydrogen-bond donors (Lipinski definition) is 2. The summed E-state index contributed by atoms with van der Waals surface area (Å²) in [5, 5.41) is 14.7. The molecule has 1 amide bonds. The largest absolute Gasteiger partial charge is 0.481 e. The summed E-state index contributed by atoms with van der Waals surface area (Å²) < 4.78 is 5.25. The molecule has 1 saturated heterocycles. The van der Waals surface area contributed by atoms with E-state index < -0.39 is 11.5 Å². The first-order chi connectivity index (χ1) is 9.60. The van der Waals surface area contributed by atoms with Gasteiger partial charge in [0.2, 0.25) is 5.91 Å². The Morgan fingerprint density at radius 2 is 2.20 bits per heavy atom. The lowest BCUT2D eigenvalue weighted by atomic mass is 9.86. The number of amides is 1. The first-order valence-electron chi connectivity index (χ1n) is 6.59. The number of ether oxygens (including phenoxy) is 1. The van der Waals surface area contributed by atoms with E-state index in [-0.39, 0.29) is 12.3 Å². The number of rotatable bonds is 6. The van der Waals surface area contributed by atoms with Crippen molar-refractivity contribution in [2.45, 2.75) is 37.6 Å². The molecule has 1 aromatic heterocycles. The van der Waals surface area contributed by atoms with Crippen molar-refractivity contribution in [1.29, 1.82) is 0 Å². The van der Waals surface area contributed by atoms with Crippen LogP contribution >= 0.6 is 11.3 Å². The standard InChI is InChI=1S/C13H18N2O4S/c16-10(1-2-11-14-5-8-20-11)15-13(9-12(17)18)3-6-19-7-4-13/h5,8H,1-4,6-7,9H2,(H,15,16)(H,17,18). The van der Waals surface area contributed by atoms with Crippen LogP contribution in [0.1, 0.15) is 30.7 Å². The number of carboxylic acids is 1. The Bertz CT molecular complexity index is 455. The van der Waals surface area contributed by atoms with Crippen LogP contribution in [-0.2, 0) is 20.7 Å². The third-order valence-electron chi connectivity index (χ3n) is 3.39. The molecule has 0 bridgehead atoms. The summed E-state index contributed by atoms with van der Waals surface area (Å²) in [6, 6.07) is 0. The molecule has 7 heteroatoms. The number of nitrogens with one attached hydrogen (secondary N) is 1. The van der Waals surface area contributed by atoms with Gasteiger partial charge in [0.05, 0.1) is 17.0 Å². The van der Waals surface area contributed by atoms with Crippen LogP contribution < -0.4 is 5.32 Å². The lowest BCUT2D eigenvalue weighted by Crippen LogP contribution is -2.53. The fourth-order valence-electron chi connectivity index (χ4n) is 2.35. The zero-order valence-electron chi connectivity index (χ0n) is 11.1. The van der Waals surface area contributed by atoms with Crippen LogP contribution in [0.15, 0.2) is 11.6 Å². The minimum absolute atomic E-state index is 0.0562. The van der Waals surface area contributed by atoms with Gasteiger partial charge in [-0.25, -0.2) is 4.98 Å². The molecule has 0 aliphatic carbocycles. The van der Waals surface area contributed by atoms with Gasteiger partial charge in [-0.2, -0.15) is 0 Å². The van der Waals surface area contributed by atoms with E-state index in [4.69, 9.17) is 9.84 Å². The monoisotopic (exact) mass is 298 g/mol. The summed E-state index contributed by atoms with van der Waals surface area (Å²) in [7, 11) is 0. The molecule has 20 heavy (non-hydrogen) atoms. The fourth-order valence-corrected chi connectivity index (χ4v) is 2.97. The van der Waals surface area contributed by atoms with Crippen LogP contribution in [0.3, 0.4) is 0 Å². The zero-order valence-corrected chi connectivity index (χ0v) is 11.9. The normalized spacial score (nSPS) is 17.6. The van der Waals surface area contributed by atoms with Crippen LogP contribution in [0.25, 0.3) is 0 Å². The van der Waals surface area contributed by atoms with Crippen molar-refractivity contribution in [3.63, 3.8) is 0 Å². The molecular formula is C13H18N2O4S. The average molecular weight is 298 g/mol. The predicted molar refractivity (Wildman–Crippen MR) is 73.6 cm³/mol.